The quantitative estimate of drug-likeness (QED) is 0.913. The van der Waals surface area contributed by atoms with Gasteiger partial charge in [0.2, 0.25) is 0 Å². The second-order valence-electron chi connectivity index (χ2n) is 3.83. The van der Waals surface area contributed by atoms with E-state index >= 15 is 0 Å². The summed E-state index contributed by atoms with van der Waals surface area (Å²) in [4.78, 5) is 0. The Kier molecular flexibility index (Phi) is 4.20. The van der Waals surface area contributed by atoms with Gasteiger partial charge in [-0.3, -0.25) is 0 Å². The van der Waals surface area contributed by atoms with E-state index in [1.165, 1.54) is 12.1 Å². The summed E-state index contributed by atoms with van der Waals surface area (Å²) in [6.07, 6.45) is 0. The molecule has 0 aliphatic rings. The molecule has 0 aliphatic heterocycles. The van der Waals surface area contributed by atoms with E-state index < -0.39 is 0 Å². The van der Waals surface area contributed by atoms with Crippen molar-refractivity contribution >= 4 is 21.6 Å². The van der Waals surface area contributed by atoms with Crippen molar-refractivity contribution < 1.29 is 9.13 Å². The van der Waals surface area contributed by atoms with Crippen LogP contribution < -0.4 is 10.1 Å². The Morgan fingerprint density at radius 3 is 2.56 bits per heavy atom. The van der Waals surface area contributed by atoms with Crippen molar-refractivity contribution in [1.82, 2.24) is 0 Å². The Morgan fingerprint density at radius 1 is 1.17 bits per heavy atom. The van der Waals surface area contributed by atoms with Crippen LogP contribution >= 0.6 is 15.9 Å². The van der Waals surface area contributed by atoms with Gasteiger partial charge >= 0.3 is 0 Å². The van der Waals surface area contributed by atoms with E-state index in [0.717, 1.165) is 21.5 Å². The van der Waals surface area contributed by atoms with Gasteiger partial charge < -0.3 is 10.1 Å². The number of methoxy groups -OCH3 is 1. The molecule has 1 N–H and O–H groups in total. The third-order valence-electron chi connectivity index (χ3n) is 2.56. The van der Waals surface area contributed by atoms with Crippen LogP contribution in [0, 0.1) is 5.82 Å². The van der Waals surface area contributed by atoms with Gasteiger partial charge in [0.1, 0.15) is 11.6 Å². The highest BCUT2D eigenvalue weighted by molar-refractivity contribution is 9.10. The number of anilines is 1. The summed E-state index contributed by atoms with van der Waals surface area (Å²) in [5.41, 5.74) is 1.98. The summed E-state index contributed by atoms with van der Waals surface area (Å²) in [7, 11) is 1.63. The fourth-order valence-electron chi connectivity index (χ4n) is 1.58. The summed E-state index contributed by atoms with van der Waals surface area (Å²) in [6, 6.07) is 12.2. The topological polar surface area (TPSA) is 21.3 Å². The lowest BCUT2D eigenvalue weighted by molar-refractivity contribution is 0.412. The second-order valence-corrected chi connectivity index (χ2v) is 4.68. The fourth-order valence-corrected chi connectivity index (χ4v) is 1.98. The molecule has 2 aromatic rings. The van der Waals surface area contributed by atoms with Crippen LogP contribution in [-0.2, 0) is 6.54 Å². The van der Waals surface area contributed by atoms with E-state index in [1.807, 2.05) is 18.2 Å². The van der Waals surface area contributed by atoms with E-state index in [9.17, 15) is 4.39 Å². The molecular weight excluding hydrogens is 297 g/mol. The highest BCUT2D eigenvalue weighted by Crippen LogP contribution is 2.27. The molecule has 0 saturated carbocycles. The maximum absolute atomic E-state index is 12.8. The SMILES string of the molecule is COc1cc(NCc2ccc(F)cc2)ccc1Br. The van der Waals surface area contributed by atoms with Crippen LogP contribution in [-0.4, -0.2) is 7.11 Å². The molecule has 2 nitrogen and oxygen atoms in total. The van der Waals surface area contributed by atoms with Crippen molar-refractivity contribution in [3.63, 3.8) is 0 Å². The van der Waals surface area contributed by atoms with E-state index in [1.54, 1.807) is 19.2 Å². The van der Waals surface area contributed by atoms with E-state index in [0.29, 0.717) is 6.54 Å². The molecule has 0 spiro atoms. The lowest BCUT2D eigenvalue weighted by Crippen LogP contribution is -1.99. The zero-order valence-corrected chi connectivity index (χ0v) is 11.5. The minimum atomic E-state index is -0.218. The average Bonchev–Trinajstić information content (AvgIpc) is 2.39. The lowest BCUT2D eigenvalue weighted by Gasteiger charge is -2.09. The van der Waals surface area contributed by atoms with Crippen molar-refractivity contribution in [3.8, 4) is 5.75 Å². The third-order valence-corrected chi connectivity index (χ3v) is 3.22. The number of rotatable bonds is 4. The van der Waals surface area contributed by atoms with Crippen LogP contribution in [0.1, 0.15) is 5.56 Å². The fraction of sp³-hybridized carbons (Fsp3) is 0.143. The molecule has 0 radical (unpaired) electrons. The van der Waals surface area contributed by atoms with Crippen LogP contribution in [0.3, 0.4) is 0 Å². The normalized spacial score (nSPS) is 10.2. The van der Waals surface area contributed by atoms with Crippen LogP contribution in [0.25, 0.3) is 0 Å². The summed E-state index contributed by atoms with van der Waals surface area (Å²) < 4.78 is 18.9. The number of halogens is 2. The van der Waals surface area contributed by atoms with Gasteiger partial charge in [-0.05, 0) is 45.8 Å². The van der Waals surface area contributed by atoms with Crippen molar-refractivity contribution in [3.05, 3.63) is 58.3 Å². The van der Waals surface area contributed by atoms with Crippen LogP contribution in [0.15, 0.2) is 46.9 Å². The predicted molar refractivity (Wildman–Crippen MR) is 74.4 cm³/mol. The summed E-state index contributed by atoms with van der Waals surface area (Å²) in [6.45, 7) is 0.644. The number of hydrogen-bond donors (Lipinski definition) is 1. The molecule has 0 atom stereocenters. The first-order valence-corrected chi connectivity index (χ1v) is 6.30. The molecule has 0 bridgehead atoms. The van der Waals surface area contributed by atoms with Gasteiger partial charge in [-0.1, -0.05) is 12.1 Å². The number of ether oxygens (including phenoxy) is 1. The maximum atomic E-state index is 12.8. The van der Waals surface area contributed by atoms with Crippen molar-refractivity contribution in [1.29, 1.82) is 0 Å². The number of nitrogens with one attached hydrogen (secondary N) is 1. The van der Waals surface area contributed by atoms with Crippen molar-refractivity contribution in [2.24, 2.45) is 0 Å². The Labute approximate surface area is 114 Å². The molecule has 0 amide bonds. The molecule has 18 heavy (non-hydrogen) atoms. The second kappa shape index (κ2) is 5.87. The molecular formula is C14H13BrFNO. The highest BCUT2D eigenvalue weighted by atomic mass is 79.9. The van der Waals surface area contributed by atoms with E-state index in [-0.39, 0.29) is 5.82 Å². The smallest absolute Gasteiger partial charge is 0.135 e. The summed E-state index contributed by atoms with van der Waals surface area (Å²) >= 11 is 3.40. The van der Waals surface area contributed by atoms with Gasteiger partial charge in [0.05, 0.1) is 11.6 Å². The minimum absolute atomic E-state index is 0.218. The lowest BCUT2D eigenvalue weighted by atomic mass is 10.2. The van der Waals surface area contributed by atoms with Crippen LogP contribution in [0.5, 0.6) is 5.75 Å². The first-order valence-electron chi connectivity index (χ1n) is 5.51. The first-order chi connectivity index (χ1) is 8.69. The van der Waals surface area contributed by atoms with Gasteiger partial charge in [0.25, 0.3) is 0 Å². The van der Waals surface area contributed by atoms with Gasteiger partial charge in [-0.2, -0.15) is 0 Å². The Balaban J connectivity index is 2.04. The van der Waals surface area contributed by atoms with E-state index in [2.05, 4.69) is 21.2 Å². The molecule has 0 aliphatic carbocycles. The minimum Gasteiger partial charge on any atom is -0.495 e. The largest absolute Gasteiger partial charge is 0.495 e. The molecule has 0 unspecified atom stereocenters. The van der Waals surface area contributed by atoms with Gasteiger partial charge in [-0.15, -0.1) is 0 Å². The van der Waals surface area contributed by atoms with Crippen LogP contribution in [0.4, 0.5) is 10.1 Å². The summed E-state index contributed by atoms with van der Waals surface area (Å²) in [5, 5.41) is 3.26. The third kappa shape index (κ3) is 3.23. The Bertz CT molecular complexity index is 528. The molecule has 2 rings (SSSR count). The molecule has 2 aromatic carbocycles. The molecule has 0 fully saturated rings. The van der Waals surface area contributed by atoms with Gasteiger partial charge in [0, 0.05) is 18.3 Å². The van der Waals surface area contributed by atoms with Gasteiger partial charge in [0.15, 0.2) is 0 Å². The Hall–Kier alpha value is -1.55. The molecule has 0 heterocycles. The standard InChI is InChI=1S/C14H13BrFNO/c1-18-14-8-12(6-7-13(14)15)17-9-10-2-4-11(16)5-3-10/h2-8,17H,9H2,1H3. The molecule has 0 aromatic heterocycles. The Morgan fingerprint density at radius 2 is 1.89 bits per heavy atom. The average molecular weight is 310 g/mol. The van der Waals surface area contributed by atoms with Gasteiger partial charge in [-0.25, -0.2) is 4.39 Å². The molecule has 4 heteroatoms. The van der Waals surface area contributed by atoms with Crippen molar-refractivity contribution in [2.75, 3.05) is 12.4 Å². The van der Waals surface area contributed by atoms with E-state index in [4.69, 9.17) is 4.74 Å². The molecule has 94 valence electrons. The maximum Gasteiger partial charge on any atom is 0.135 e. The first kappa shape index (κ1) is 12.9. The van der Waals surface area contributed by atoms with Crippen LogP contribution in [0.2, 0.25) is 0 Å². The zero-order chi connectivity index (χ0) is 13.0. The molecule has 0 saturated heterocycles. The van der Waals surface area contributed by atoms with Crippen molar-refractivity contribution in [2.45, 2.75) is 6.54 Å². The summed E-state index contributed by atoms with van der Waals surface area (Å²) in [5.74, 6) is 0.558. The predicted octanol–water partition coefficient (Wildman–Crippen LogP) is 4.21. The highest BCUT2D eigenvalue weighted by Gasteiger charge is 2.01. The number of benzene rings is 2. The monoisotopic (exact) mass is 309 g/mol. The number of hydrogen-bond acceptors (Lipinski definition) is 2. The zero-order valence-electron chi connectivity index (χ0n) is 9.91.